The molecule has 70 valence electrons. The number of thioether (sulfide) groups is 1. The second kappa shape index (κ2) is 11.1. The zero-order valence-electron chi connectivity index (χ0n) is 7.90. The molecule has 0 unspecified atom stereocenters. The van der Waals surface area contributed by atoms with Gasteiger partial charge in [-0.1, -0.05) is 18.2 Å². The van der Waals surface area contributed by atoms with Gasteiger partial charge in [-0.05, 0) is 17.0 Å². The van der Waals surface area contributed by atoms with E-state index >= 15 is 0 Å². The summed E-state index contributed by atoms with van der Waals surface area (Å²) in [4.78, 5) is 1.26. The summed E-state index contributed by atoms with van der Waals surface area (Å²) in [6, 6.07) is 10.3. The van der Waals surface area contributed by atoms with Gasteiger partial charge in [-0.3, -0.25) is 0 Å². The van der Waals surface area contributed by atoms with Crippen molar-refractivity contribution in [3.8, 4) is 0 Å². The van der Waals surface area contributed by atoms with Crippen molar-refractivity contribution in [2.75, 3.05) is 0 Å². The second-order valence-electron chi connectivity index (χ2n) is 2.19. The Morgan fingerprint density at radius 2 is 1.93 bits per heavy atom. The first-order valence-corrected chi connectivity index (χ1v) is 11.9. The number of rotatable bonds is 4. The first kappa shape index (κ1) is 14.0. The van der Waals surface area contributed by atoms with E-state index in [1.165, 1.54) is 21.2 Å². The van der Waals surface area contributed by atoms with Gasteiger partial charge in [0.2, 0.25) is 0 Å². The summed E-state index contributed by atoms with van der Waals surface area (Å²) in [6.07, 6.45) is 5.66. The average molecular weight is 321 g/mol. The molecule has 0 atom stereocenters. The molecule has 0 aliphatic heterocycles. The van der Waals surface area contributed by atoms with E-state index < -0.39 is 0 Å². The van der Waals surface area contributed by atoms with Gasteiger partial charge in [0.1, 0.15) is 0 Å². The third-order valence-electron chi connectivity index (χ3n) is 1.27. The van der Waals surface area contributed by atoms with Gasteiger partial charge in [0.15, 0.2) is 0 Å². The number of hydrogen-bond acceptors (Lipinski definition) is 1. The van der Waals surface area contributed by atoms with Crippen molar-refractivity contribution in [3.05, 3.63) is 60.9 Å². The summed E-state index contributed by atoms with van der Waals surface area (Å²) >= 11 is 5.95. The van der Waals surface area contributed by atoms with E-state index in [1.807, 2.05) is 36.1 Å². The molecular weight excluding hydrogens is 309 g/mol. The standard InChI is InChI=1S/C11H11S.BrH.Zn/c1-2-3-7-10-12-11-8-5-4-6-9-11;;/h2-10H,1H2;1H;/q-1;;+2/p-1. The summed E-state index contributed by atoms with van der Waals surface area (Å²) in [5.41, 5.74) is 0. The van der Waals surface area contributed by atoms with E-state index in [1.54, 1.807) is 17.8 Å². The van der Waals surface area contributed by atoms with E-state index in [0.29, 0.717) is 0 Å². The van der Waals surface area contributed by atoms with Gasteiger partial charge < -0.3 is 0 Å². The van der Waals surface area contributed by atoms with Gasteiger partial charge in [0.05, 0.1) is 0 Å². The fourth-order valence-electron chi connectivity index (χ4n) is 0.741. The van der Waals surface area contributed by atoms with E-state index in [4.69, 9.17) is 0 Å². The number of hydrogen-bond donors (Lipinski definition) is 0. The van der Waals surface area contributed by atoms with Crippen molar-refractivity contribution in [1.82, 2.24) is 0 Å². The molecule has 0 aromatic heterocycles. The van der Waals surface area contributed by atoms with Gasteiger partial charge >= 0.3 is 30.0 Å². The Kier molecular flexibility index (Phi) is 11.1. The number of halogens is 1. The van der Waals surface area contributed by atoms with Crippen LogP contribution in [0.1, 0.15) is 0 Å². The molecular formula is C11H11BrSZn. The summed E-state index contributed by atoms with van der Waals surface area (Å²) < 4.78 is 0. The normalized spacial score (nSPS) is 9.07. The van der Waals surface area contributed by atoms with Gasteiger partial charge in [0.25, 0.3) is 0 Å². The van der Waals surface area contributed by atoms with Crippen LogP contribution in [0.3, 0.4) is 0 Å². The molecule has 0 saturated heterocycles. The summed E-state index contributed by atoms with van der Waals surface area (Å²) in [7, 11) is 0. The third-order valence-corrected chi connectivity index (χ3v) is 2.11. The topological polar surface area (TPSA) is 0 Å². The first-order chi connectivity index (χ1) is 6.93. The first-order valence-electron chi connectivity index (χ1n) is 4.03. The van der Waals surface area contributed by atoms with Crippen molar-refractivity contribution in [2.45, 2.75) is 4.90 Å². The fourth-order valence-corrected chi connectivity index (χ4v) is 1.38. The molecule has 0 aliphatic carbocycles. The Hall–Kier alpha value is 0.0234. The molecule has 0 bridgehead atoms. The van der Waals surface area contributed by atoms with Crippen LogP contribution >= 0.6 is 25.4 Å². The molecule has 0 spiro atoms. The average Bonchev–Trinajstić information content (AvgIpc) is 2.29. The molecule has 0 heterocycles. The molecule has 0 radical (unpaired) electrons. The molecule has 0 aliphatic rings. The van der Waals surface area contributed by atoms with Gasteiger partial charge in [-0.2, -0.15) is 23.6 Å². The van der Waals surface area contributed by atoms with Crippen LogP contribution in [0.2, 0.25) is 0 Å². The molecule has 0 saturated carbocycles. The Morgan fingerprint density at radius 1 is 1.29 bits per heavy atom. The van der Waals surface area contributed by atoms with Crippen LogP contribution in [0.4, 0.5) is 0 Å². The minimum atomic E-state index is 1.19. The third kappa shape index (κ3) is 7.43. The number of benzene rings is 1. The molecule has 1 rings (SSSR count). The van der Waals surface area contributed by atoms with Crippen LogP contribution in [0.5, 0.6) is 0 Å². The Balaban J connectivity index is 0.000000791. The maximum atomic E-state index is 3.59. The predicted molar refractivity (Wildman–Crippen MR) is 64.9 cm³/mol. The van der Waals surface area contributed by atoms with Crippen molar-refractivity contribution in [3.63, 3.8) is 0 Å². The molecule has 1 aromatic rings. The monoisotopic (exact) mass is 318 g/mol. The quantitative estimate of drug-likeness (QED) is 0.340. The van der Waals surface area contributed by atoms with Crippen LogP contribution in [-0.4, -0.2) is 0 Å². The van der Waals surface area contributed by atoms with Crippen LogP contribution in [-0.2, 0) is 16.3 Å². The Labute approximate surface area is 107 Å². The fraction of sp³-hybridized carbons (Fsp3) is 0. The van der Waals surface area contributed by atoms with Gasteiger partial charge in [-0.15, -0.1) is 6.58 Å². The second-order valence-corrected chi connectivity index (χ2v) is 3.17. The summed E-state index contributed by atoms with van der Waals surface area (Å²) in [5.74, 6) is 2.04. The summed E-state index contributed by atoms with van der Waals surface area (Å²) in [5, 5.41) is 0. The molecule has 0 fully saturated rings. The van der Waals surface area contributed by atoms with Crippen LogP contribution in [0.25, 0.3) is 0 Å². The molecule has 0 N–H and O–H groups in total. The van der Waals surface area contributed by atoms with E-state index in [0.717, 1.165) is 0 Å². The van der Waals surface area contributed by atoms with E-state index in [9.17, 15) is 0 Å². The molecule has 1 aromatic carbocycles. The minimum absolute atomic E-state index is 1.19. The number of allylic oxidation sites excluding steroid dienone is 2. The zero-order chi connectivity index (χ0) is 10.6. The van der Waals surface area contributed by atoms with E-state index in [-0.39, 0.29) is 0 Å². The molecule has 3 heteroatoms. The van der Waals surface area contributed by atoms with Crippen molar-refractivity contribution in [1.29, 1.82) is 0 Å². The molecule has 14 heavy (non-hydrogen) atoms. The van der Waals surface area contributed by atoms with Crippen LogP contribution < -0.4 is 0 Å². The van der Waals surface area contributed by atoms with Crippen molar-refractivity contribution < 1.29 is 16.3 Å². The van der Waals surface area contributed by atoms with Crippen LogP contribution in [0.15, 0.2) is 60.0 Å². The van der Waals surface area contributed by atoms with E-state index in [2.05, 4.69) is 32.3 Å². The van der Waals surface area contributed by atoms with Gasteiger partial charge in [-0.25, -0.2) is 12.2 Å². The Bertz CT molecular complexity index is 259. The van der Waals surface area contributed by atoms with Crippen molar-refractivity contribution >= 4 is 25.4 Å². The van der Waals surface area contributed by atoms with Gasteiger partial charge in [0, 0.05) is 0 Å². The predicted octanol–water partition coefficient (Wildman–Crippen LogP) is 4.53. The summed E-state index contributed by atoms with van der Waals surface area (Å²) in [6.45, 7) is 3.59. The Morgan fingerprint density at radius 3 is 2.50 bits per heavy atom. The van der Waals surface area contributed by atoms with Crippen molar-refractivity contribution in [2.24, 2.45) is 0 Å². The SMILES string of the molecule is C=CC=C[CH-]Sc1ccccc1.[Zn+][Br]. The molecule has 0 amide bonds. The zero-order valence-corrected chi connectivity index (χ0v) is 13.3. The molecule has 0 nitrogen and oxygen atoms in total. The van der Waals surface area contributed by atoms with Crippen LogP contribution in [0, 0.1) is 5.75 Å². The maximum absolute atomic E-state index is 3.59.